The molecule has 116 valence electrons. The van der Waals surface area contributed by atoms with Crippen LogP contribution in [0.15, 0.2) is 42.6 Å². The highest BCUT2D eigenvalue weighted by Gasteiger charge is 2.28. The van der Waals surface area contributed by atoms with Crippen LogP contribution in [-0.4, -0.2) is 23.9 Å². The van der Waals surface area contributed by atoms with Crippen molar-refractivity contribution < 1.29 is 9.18 Å². The van der Waals surface area contributed by atoms with Crippen LogP contribution in [0.25, 0.3) is 0 Å². The SMILES string of the molecule is N#Cc1cccnc1N1CCCC(C(=O)c2ccc(F)cc2)C1. The number of piperidine rings is 1. The first-order chi connectivity index (χ1) is 11.2. The molecule has 0 saturated carbocycles. The van der Waals surface area contributed by atoms with Crippen LogP contribution in [0.1, 0.15) is 28.8 Å². The van der Waals surface area contributed by atoms with Gasteiger partial charge in [-0.25, -0.2) is 9.37 Å². The summed E-state index contributed by atoms with van der Waals surface area (Å²) in [5.41, 5.74) is 1.04. The van der Waals surface area contributed by atoms with Crippen LogP contribution in [0.4, 0.5) is 10.2 Å². The minimum absolute atomic E-state index is 0.0177. The zero-order chi connectivity index (χ0) is 16.2. The first kappa shape index (κ1) is 15.2. The largest absolute Gasteiger partial charge is 0.355 e. The lowest BCUT2D eigenvalue weighted by Gasteiger charge is -2.33. The fourth-order valence-electron chi connectivity index (χ4n) is 2.97. The Hall–Kier alpha value is -2.74. The third-order valence-corrected chi connectivity index (χ3v) is 4.13. The van der Waals surface area contributed by atoms with Gasteiger partial charge >= 0.3 is 0 Å². The van der Waals surface area contributed by atoms with Gasteiger partial charge in [0.1, 0.15) is 17.7 Å². The zero-order valence-corrected chi connectivity index (χ0v) is 12.6. The fraction of sp³-hybridized carbons (Fsp3) is 0.278. The summed E-state index contributed by atoms with van der Waals surface area (Å²) in [5.74, 6) is 0.137. The molecule has 2 heterocycles. The molecule has 4 nitrogen and oxygen atoms in total. The minimum atomic E-state index is -0.348. The summed E-state index contributed by atoms with van der Waals surface area (Å²) in [6, 6.07) is 11.3. The molecule has 0 bridgehead atoms. The zero-order valence-electron chi connectivity index (χ0n) is 12.6. The van der Waals surface area contributed by atoms with Gasteiger partial charge in [0, 0.05) is 30.8 Å². The highest BCUT2D eigenvalue weighted by molar-refractivity contribution is 5.98. The number of Topliss-reactive ketones (excluding diaryl/α,β-unsaturated/α-hetero) is 1. The summed E-state index contributed by atoms with van der Waals surface area (Å²) in [5, 5.41) is 9.21. The number of hydrogen-bond donors (Lipinski definition) is 0. The molecule has 0 aliphatic carbocycles. The van der Waals surface area contributed by atoms with Crippen molar-refractivity contribution in [2.75, 3.05) is 18.0 Å². The van der Waals surface area contributed by atoms with Gasteiger partial charge in [0.25, 0.3) is 0 Å². The second-order valence-corrected chi connectivity index (χ2v) is 5.64. The van der Waals surface area contributed by atoms with Gasteiger partial charge in [0.2, 0.25) is 0 Å². The van der Waals surface area contributed by atoms with Gasteiger partial charge in [-0.2, -0.15) is 5.26 Å². The van der Waals surface area contributed by atoms with Crippen LogP contribution in [0, 0.1) is 23.1 Å². The predicted octanol–water partition coefficient (Wildman–Crippen LogP) is 3.19. The summed E-state index contributed by atoms with van der Waals surface area (Å²) in [4.78, 5) is 18.9. The van der Waals surface area contributed by atoms with Gasteiger partial charge in [-0.05, 0) is 49.2 Å². The molecule has 5 heteroatoms. The van der Waals surface area contributed by atoms with Crippen molar-refractivity contribution in [3.8, 4) is 6.07 Å². The van der Waals surface area contributed by atoms with Crippen LogP contribution in [0.3, 0.4) is 0 Å². The molecule has 1 fully saturated rings. The Morgan fingerprint density at radius 1 is 1.30 bits per heavy atom. The molecule has 0 amide bonds. The maximum absolute atomic E-state index is 13.0. The highest BCUT2D eigenvalue weighted by atomic mass is 19.1. The summed E-state index contributed by atoms with van der Waals surface area (Å²) < 4.78 is 13.0. The maximum atomic E-state index is 13.0. The lowest BCUT2D eigenvalue weighted by atomic mass is 9.90. The molecule has 1 aromatic heterocycles. The number of aromatic nitrogens is 1. The van der Waals surface area contributed by atoms with E-state index in [2.05, 4.69) is 11.1 Å². The topological polar surface area (TPSA) is 57.0 Å². The van der Waals surface area contributed by atoms with Crippen LogP contribution in [0.2, 0.25) is 0 Å². The Balaban J connectivity index is 1.79. The average molecular weight is 309 g/mol. The summed E-state index contributed by atoms with van der Waals surface area (Å²) in [7, 11) is 0. The number of pyridine rings is 1. The van der Waals surface area contributed by atoms with Crippen LogP contribution < -0.4 is 4.90 Å². The van der Waals surface area contributed by atoms with Crippen LogP contribution >= 0.6 is 0 Å². The van der Waals surface area contributed by atoms with Crippen molar-refractivity contribution >= 4 is 11.6 Å². The Morgan fingerprint density at radius 2 is 2.09 bits per heavy atom. The summed E-state index contributed by atoms with van der Waals surface area (Å²) in [6.45, 7) is 1.31. The Kier molecular flexibility index (Phi) is 4.33. The average Bonchev–Trinajstić information content (AvgIpc) is 2.62. The Morgan fingerprint density at radius 3 is 2.83 bits per heavy atom. The van der Waals surface area contributed by atoms with Crippen LogP contribution in [-0.2, 0) is 0 Å². The van der Waals surface area contributed by atoms with Crippen molar-refractivity contribution in [2.24, 2.45) is 5.92 Å². The van der Waals surface area contributed by atoms with E-state index in [0.717, 1.165) is 19.4 Å². The number of carbonyl (C=O) groups excluding carboxylic acids is 1. The molecule has 0 N–H and O–H groups in total. The van der Waals surface area contributed by atoms with Crippen molar-refractivity contribution in [1.82, 2.24) is 4.98 Å². The molecule has 1 aliphatic rings. The molecular formula is C18H16FN3O. The molecule has 0 spiro atoms. The van der Waals surface area contributed by atoms with Gasteiger partial charge in [-0.1, -0.05) is 0 Å². The monoisotopic (exact) mass is 309 g/mol. The number of benzene rings is 1. The highest BCUT2D eigenvalue weighted by Crippen LogP contribution is 2.26. The maximum Gasteiger partial charge on any atom is 0.167 e. The molecule has 1 saturated heterocycles. The molecule has 2 aromatic rings. The smallest absolute Gasteiger partial charge is 0.167 e. The normalized spacial score (nSPS) is 17.6. The molecule has 3 rings (SSSR count). The van der Waals surface area contributed by atoms with E-state index in [0.29, 0.717) is 23.5 Å². The number of anilines is 1. The fourth-order valence-corrected chi connectivity index (χ4v) is 2.97. The first-order valence-electron chi connectivity index (χ1n) is 7.59. The molecule has 1 aromatic carbocycles. The van der Waals surface area contributed by atoms with Gasteiger partial charge in [0.15, 0.2) is 5.78 Å². The van der Waals surface area contributed by atoms with Crippen molar-refractivity contribution in [3.05, 3.63) is 59.5 Å². The minimum Gasteiger partial charge on any atom is -0.355 e. The number of nitrogens with zero attached hydrogens (tertiary/aromatic N) is 3. The molecule has 1 unspecified atom stereocenters. The van der Waals surface area contributed by atoms with Gasteiger partial charge in [-0.15, -0.1) is 0 Å². The van der Waals surface area contributed by atoms with Crippen molar-refractivity contribution in [1.29, 1.82) is 5.26 Å². The van der Waals surface area contributed by atoms with E-state index in [9.17, 15) is 14.4 Å². The van der Waals surface area contributed by atoms with Crippen LogP contribution in [0.5, 0.6) is 0 Å². The second-order valence-electron chi connectivity index (χ2n) is 5.64. The number of hydrogen-bond acceptors (Lipinski definition) is 4. The number of rotatable bonds is 3. The molecular weight excluding hydrogens is 293 g/mol. The lowest BCUT2D eigenvalue weighted by molar-refractivity contribution is 0.0907. The second kappa shape index (κ2) is 6.57. The predicted molar refractivity (Wildman–Crippen MR) is 84.6 cm³/mol. The van der Waals surface area contributed by atoms with Gasteiger partial charge in [-0.3, -0.25) is 4.79 Å². The Labute approximate surface area is 134 Å². The van der Waals surface area contributed by atoms with Crippen molar-refractivity contribution in [2.45, 2.75) is 12.8 Å². The van der Waals surface area contributed by atoms with E-state index >= 15 is 0 Å². The molecule has 23 heavy (non-hydrogen) atoms. The van der Waals surface area contributed by atoms with E-state index in [4.69, 9.17) is 0 Å². The first-order valence-corrected chi connectivity index (χ1v) is 7.59. The quantitative estimate of drug-likeness (QED) is 0.817. The molecule has 1 aliphatic heterocycles. The summed E-state index contributed by atoms with van der Waals surface area (Å²) >= 11 is 0. The molecule has 1 atom stereocenters. The number of halogens is 1. The molecule has 0 radical (unpaired) electrons. The number of nitriles is 1. The summed E-state index contributed by atoms with van der Waals surface area (Å²) in [6.07, 6.45) is 3.31. The van der Waals surface area contributed by atoms with E-state index in [1.807, 2.05) is 4.90 Å². The van der Waals surface area contributed by atoms with E-state index in [-0.39, 0.29) is 17.5 Å². The third-order valence-electron chi connectivity index (χ3n) is 4.13. The van der Waals surface area contributed by atoms with Gasteiger partial charge < -0.3 is 4.90 Å². The number of carbonyl (C=O) groups is 1. The van der Waals surface area contributed by atoms with E-state index in [1.54, 1.807) is 18.3 Å². The van der Waals surface area contributed by atoms with E-state index in [1.165, 1.54) is 24.3 Å². The van der Waals surface area contributed by atoms with E-state index < -0.39 is 0 Å². The van der Waals surface area contributed by atoms with Crippen molar-refractivity contribution in [3.63, 3.8) is 0 Å². The number of ketones is 1. The third kappa shape index (κ3) is 3.21. The van der Waals surface area contributed by atoms with Gasteiger partial charge in [0.05, 0.1) is 5.56 Å². The Bertz CT molecular complexity index is 752. The standard InChI is InChI=1S/C18H16FN3O/c19-16-7-5-13(6-8-16)17(23)15-4-2-10-22(12-15)18-14(11-20)3-1-9-21-18/h1,3,5-9,15H,2,4,10,12H2. The lowest BCUT2D eigenvalue weighted by Crippen LogP contribution is -2.39.